The summed E-state index contributed by atoms with van der Waals surface area (Å²) in [6, 6.07) is 19.8. The minimum absolute atomic E-state index is 0.168. The van der Waals surface area contributed by atoms with Gasteiger partial charge < -0.3 is 4.74 Å². The smallest absolute Gasteiger partial charge is 0.311 e. The lowest BCUT2D eigenvalue weighted by molar-refractivity contribution is -0.145. The van der Waals surface area contributed by atoms with Crippen molar-refractivity contribution in [2.24, 2.45) is 10.9 Å². The van der Waals surface area contributed by atoms with Crippen LogP contribution in [0.15, 0.2) is 71.7 Å². The van der Waals surface area contributed by atoms with E-state index in [-0.39, 0.29) is 17.9 Å². The molecule has 2 aromatic carbocycles. The van der Waals surface area contributed by atoms with Gasteiger partial charge in [-0.1, -0.05) is 66.7 Å². The molecule has 0 N–H and O–H groups in total. The van der Waals surface area contributed by atoms with E-state index >= 15 is 0 Å². The number of hydrogen-bond donors (Lipinski definition) is 0. The van der Waals surface area contributed by atoms with Crippen molar-refractivity contribution in [3.63, 3.8) is 0 Å². The third kappa shape index (κ3) is 3.57. The van der Waals surface area contributed by atoms with Gasteiger partial charge in [-0.2, -0.15) is 0 Å². The molecule has 2 atom stereocenters. The third-order valence-electron chi connectivity index (χ3n) is 4.03. The zero-order valence-electron chi connectivity index (χ0n) is 13.1. The standard InChI is InChI=1S/C20H19NO2/c1-23-20(22)18-14-17(13-12-15-8-4-2-5-9-15)21-19(18)16-10-6-3-7-11-16/h2-13,18-19H,14H2,1H3/b13-12+/t18-,19+/m1/s1. The first kappa shape index (κ1) is 15.2. The van der Waals surface area contributed by atoms with Gasteiger partial charge in [0.2, 0.25) is 0 Å². The van der Waals surface area contributed by atoms with E-state index in [0.29, 0.717) is 6.42 Å². The topological polar surface area (TPSA) is 38.7 Å². The Morgan fingerprint density at radius 2 is 1.70 bits per heavy atom. The fraction of sp³-hybridized carbons (Fsp3) is 0.200. The number of allylic oxidation sites excluding steroid dienone is 1. The minimum Gasteiger partial charge on any atom is -0.469 e. The van der Waals surface area contributed by atoms with Crippen molar-refractivity contribution in [1.29, 1.82) is 0 Å². The Balaban J connectivity index is 1.84. The fourth-order valence-corrected chi connectivity index (χ4v) is 2.85. The number of esters is 1. The van der Waals surface area contributed by atoms with E-state index in [1.807, 2.05) is 72.8 Å². The average molecular weight is 305 g/mol. The molecule has 0 bridgehead atoms. The molecule has 0 saturated carbocycles. The molecular formula is C20H19NO2. The lowest BCUT2D eigenvalue weighted by Crippen LogP contribution is -2.20. The van der Waals surface area contributed by atoms with Crippen LogP contribution in [0.1, 0.15) is 23.6 Å². The Bertz CT molecular complexity index is 720. The molecule has 3 heteroatoms. The Morgan fingerprint density at radius 3 is 2.35 bits per heavy atom. The van der Waals surface area contributed by atoms with E-state index < -0.39 is 0 Å². The van der Waals surface area contributed by atoms with E-state index in [1.54, 1.807) is 0 Å². The largest absolute Gasteiger partial charge is 0.469 e. The predicted molar refractivity (Wildman–Crippen MR) is 92.2 cm³/mol. The Kier molecular flexibility index (Phi) is 4.67. The van der Waals surface area contributed by atoms with Crippen LogP contribution in [0.2, 0.25) is 0 Å². The van der Waals surface area contributed by atoms with Crippen LogP contribution >= 0.6 is 0 Å². The van der Waals surface area contributed by atoms with Crippen LogP contribution < -0.4 is 0 Å². The second-order valence-electron chi connectivity index (χ2n) is 5.55. The SMILES string of the molecule is COC(=O)[C@@H]1CC(/C=C/c2ccccc2)=N[C@H]1c1ccccc1. The molecule has 0 saturated heterocycles. The van der Waals surface area contributed by atoms with Crippen LogP contribution in [-0.2, 0) is 9.53 Å². The first-order valence-electron chi connectivity index (χ1n) is 7.70. The van der Waals surface area contributed by atoms with E-state index in [9.17, 15) is 4.79 Å². The van der Waals surface area contributed by atoms with Gasteiger partial charge >= 0.3 is 5.97 Å². The third-order valence-corrected chi connectivity index (χ3v) is 4.03. The number of rotatable bonds is 4. The van der Waals surface area contributed by atoms with Crippen molar-refractivity contribution in [2.45, 2.75) is 12.5 Å². The molecule has 0 aromatic heterocycles. The van der Waals surface area contributed by atoms with Gasteiger partial charge in [0.1, 0.15) is 0 Å². The molecule has 1 aliphatic rings. The van der Waals surface area contributed by atoms with Gasteiger partial charge in [-0.05, 0) is 17.2 Å². The second kappa shape index (κ2) is 7.05. The minimum atomic E-state index is -0.252. The zero-order chi connectivity index (χ0) is 16.1. The van der Waals surface area contributed by atoms with Crippen LogP contribution in [0.3, 0.4) is 0 Å². The summed E-state index contributed by atoms with van der Waals surface area (Å²) in [5.74, 6) is -0.455. The number of carbonyl (C=O) groups is 1. The van der Waals surface area contributed by atoms with Crippen molar-refractivity contribution in [1.82, 2.24) is 0 Å². The van der Waals surface area contributed by atoms with Crippen LogP contribution in [0.4, 0.5) is 0 Å². The van der Waals surface area contributed by atoms with E-state index in [2.05, 4.69) is 0 Å². The number of methoxy groups -OCH3 is 1. The van der Waals surface area contributed by atoms with Crippen molar-refractivity contribution in [3.8, 4) is 0 Å². The number of benzene rings is 2. The number of carbonyl (C=O) groups excluding carboxylic acids is 1. The number of ether oxygens (including phenoxy) is 1. The molecule has 23 heavy (non-hydrogen) atoms. The molecule has 1 aliphatic heterocycles. The maximum absolute atomic E-state index is 12.1. The average Bonchev–Trinajstić information content (AvgIpc) is 3.05. The summed E-state index contributed by atoms with van der Waals surface area (Å²) in [6.07, 6.45) is 4.63. The van der Waals surface area contributed by atoms with E-state index in [4.69, 9.17) is 9.73 Å². The van der Waals surface area contributed by atoms with Crippen LogP contribution in [-0.4, -0.2) is 18.8 Å². The molecule has 0 radical (unpaired) electrons. The molecule has 116 valence electrons. The molecular weight excluding hydrogens is 286 g/mol. The van der Waals surface area contributed by atoms with Gasteiger partial charge in [-0.25, -0.2) is 0 Å². The monoisotopic (exact) mass is 305 g/mol. The van der Waals surface area contributed by atoms with Gasteiger partial charge in [0.15, 0.2) is 0 Å². The number of nitrogens with zero attached hydrogens (tertiary/aromatic N) is 1. The van der Waals surface area contributed by atoms with Crippen LogP contribution in [0.25, 0.3) is 6.08 Å². The molecule has 0 unspecified atom stereocenters. The van der Waals surface area contributed by atoms with E-state index in [0.717, 1.165) is 16.8 Å². The molecule has 2 aromatic rings. The molecule has 3 rings (SSSR count). The van der Waals surface area contributed by atoms with Crippen LogP contribution in [0.5, 0.6) is 0 Å². The van der Waals surface area contributed by atoms with E-state index in [1.165, 1.54) is 7.11 Å². The predicted octanol–water partition coefficient (Wildman–Crippen LogP) is 4.08. The van der Waals surface area contributed by atoms with Crippen molar-refractivity contribution < 1.29 is 9.53 Å². The summed E-state index contributed by atoms with van der Waals surface area (Å²) < 4.78 is 4.96. The fourth-order valence-electron chi connectivity index (χ4n) is 2.85. The zero-order valence-corrected chi connectivity index (χ0v) is 13.1. The Hall–Kier alpha value is -2.68. The maximum atomic E-state index is 12.1. The molecule has 0 aliphatic carbocycles. The molecule has 0 fully saturated rings. The highest BCUT2D eigenvalue weighted by atomic mass is 16.5. The van der Waals surface area contributed by atoms with Gasteiger partial charge in [-0.15, -0.1) is 0 Å². The van der Waals surface area contributed by atoms with Crippen molar-refractivity contribution in [3.05, 3.63) is 77.9 Å². The molecule has 0 spiro atoms. The summed E-state index contributed by atoms with van der Waals surface area (Å²) in [6.45, 7) is 0. The summed E-state index contributed by atoms with van der Waals surface area (Å²) in [4.78, 5) is 16.9. The Labute approximate surface area is 136 Å². The number of aliphatic imine (C=N–C) groups is 1. The summed E-state index contributed by atoms with van der Waals surface area (Å²) in [7, 11) is 1.43. The molecule has 3 nitrogen and oxygen atoms in total. The highest BCUT2D eigenvalue weighted by Gasteiger charge is 2.35. The molecule has 1 heterocycles. The Morgan fingerprint density at radius 1 is 1.04 bits per heavy atom. The summed E-state index contributed by atoms with van der Waals surface area (Å²) >= 11 is 0. The summed E-state index contributed by atoms with van der Waals surface area (Å²) in [5.41, 5.74) is 3.09. The van der Waals surface area contributed by atoms with Gasteiger partial charge in [0.25, 0.3) is 0 Å². The first-order valence-corrected chi connectivity index (χ1v) is 7.70. The highest BCUT2D eigenvalue weighted by molar-refractivity contribution is 6.02. The highest BCUT2D eigenvalue weighted by Crippen LogP contribution is 2.35. The van der Waals surface area contributed by atoms with Crippen LogP contribution in [0, 0.1) is 5.92 Å². The summed E-state index contributed by atoms with van der Waals surface area (Å²) in [5, 5.41) is 0. The van der Waals surface area contributed by atoms with Crippen molar-refractivity contribution >= 4 is 17.8 Å². The normalized spacial score (nSPS) is 20.5. The first-order chi connectivity index (χ1) is 11.3. The van der Waals surface area contributed by atoms with Crippen molar-refractivity contribution in [2.75, 3.05) is 7.11 Å². The second-order valence-corrected chi connectivity index (χ2v) is 5.55. The lowest BCUT2D eigenvalue weighted by Gasteiger charge is -2.15. The molecule has 0 amide bonds. The van der Waals surface area contributed by atoms with Gasteiger partial charge in [0, 0.05) is 12.1 Å². The number of hydrogen-bond acceptors (Lipinski definition) is 3. The lowest BCUT2D eigenvalue weighted by atomic mass is 9.92. The van der Waals surface area contributed by atoms with Gasteiger partial charge in [0.05, 0.1) is 19.1 Å². The maximum Gasteiger partial charge on any atom is 0.311 e. The van der Waals surface area contributed by atoms with Gasteiger partial charge in [-0.3, -0.25) is 9.79 Å². The quantitative estimate of drug-likeness (QED) is 0.799.